The molecule has 118 valence electrons. The fraction of sp³-hybridized carbons (Fsp3) is 0.167. The Bertz CT molecular complexity index is 931. The molecule has 4 nitrogen and oxygen atoms in total. The molecule has 1 N–H and O–H groups in total. The normalized spacial score (nSPS) is 11.3. The zero-order valence-electron chi connectivity index (χ0n) is 12.8. The highest BCUT2D eigenvalue weighted by Crippen LogP contribution is 2.30. The molecule has 0 radical (unpaired) electrons. The number of phenols is 1. The zero-order chi connectivity index (χ0) is 16.6. The lowest BCUT2D eigenvalue weighted by molar-refractivity contribution is 0.384. The number of hydrogen-bond donors (Lipinski definition) is 1. The third kappa shape index (κ3) is 2.83. The molecule has 3 rings (SSSR count). The summed E-state index contributed by atoms with van der Waals surface area (Å²) < 4.78 is 5.70. The summed E-state index contributed by atoms with van der Waals surface area (Å²) in [6.45, 7) is 0.470. The molecule has 0 aliphatic carbocycles. The SMILES string of the molecule is CN(C)Cc1c(O)ccc2c(=O)c(-c3ccccc3Cl)coc12. The van der Waals surface area contributed by atoms with Crippen molar-refractivity contribution in [3.8, 4) is 16.9 Å². The van der Waals surface area contributed by atoms with E-state index in [1.165, 1.54) is 12.3 Å². The van der Waals surface area contributed by atoms with Gasteiger partial charge in [-0.2, -0.15) is 0 Å². The molecule has 0 saturated carbocycles. The van der Waals surface area contributed by atoms with Gasteiger partial charge in [0.05, 0.1) is 16.5 Å². The first kappa shape index (κ1) is 15.6. The van der Waals surface area contributed by atoms with E-state index in [2.05, 4.69) is 0 Å². The quantitative estimate of drug-likeness (QED) is 0.792. The van der Waals surface area contributed by atoms with E-state index in [9.17, 15) is 9.90 Å². The van der Waals surface area contributed by atoms with Gasteiger partial charge in [0.1, 0.15) is 17.6 Å². The number of phenolic OH excluding ortho intramolecular Hbond substituents is 1. The van der Waals surface area contributed by atoms with Crippen LogP contribution in [0.5, 0.6) is 5.75 Å². The van der Waals surface area contributed by atoms with Crippen LogP contribution < -0.4 is 5.43 Å². The fourth-order valence-corrected chi connectivity index (χ4v) is 2.82. The van der Waals surface area contributed by atoms with Crippen LogP contribution in [0.4, 0.5) is 0 Å². The first-order valence-electron chi connectivity index (χ1n) is 7.15. The van der Waals surface area contributed by atoms with Gasteiger partial charge in [0, 0.05) is 17.1 Å². The van der Waals surface area contributed by atoms with Crippen molar-refractivity contribution >= 4 is 22.6 Å². The maximum atomic E-state index is 12.8. The third-order valence-corrected chi connectivity index (χ3v) is 3.99. The molecule has 0 saturated heterocycles. The van der Waals surface area contributed by atoms with Gasteiger partial charge in [0.25, 0.3) is 0 Å². The van der Waals surface area contributed by atoms with Crippen molar-refractivity contribution in [3.63, 3.8) is 0 Å². The van der Waals surface area contributed by atoms with Gasteiger partial charge >= 0.3 is 0 Å². The summed E-state index contributed by atoms with van der Waals surface area (Å²) in [4.78, 5) is 14.7. The van der Waals surface area contributed by atoms with Crippen molar-refractivity contribution in [1.82, 2.24) is 4.90 Å². The van der Waals surface area contributed by atoms with Crippen molar-refractivity contribution in [1.29, 1.82) is 0 Å². The molecule has 0 unspecified atom stereocenters. The summed E-state index contributed by atoms with van der Waals surface area (Å²) in [5.74, 6) is 0.111. The summed E-state index contributed by atoms with van der Waals surface area (Å²) in [5, 5.41) is 11.0. The molecule has 0 amide bonds. The molecule has 0 atom stereocenters. The van der Waals surface area contributed by atoms with Crippen LogP contribution in [0.1, 0.15) is 5.56 Å². The second-order valence-electron chi connectivity index (χ2n) is 5.64. The lowest BCUT2D eigenvalue weighted by atomic mass is 10.0. The van der Waals surface area contributed by atoms with E-state index in [-0.39, 0.29) is 11.2 Å². The Balaban J connectivity index is 2.28. The number of aromatic hydroxyl groups is 1. The highest BCUT2D eigenvalue weighted by atomic mass is 35.5. The minimum atomic E-state index is -0.167. The smallest absolute Gasteiger partial charge is 0.200 e. The van der Waals surface area contributed by atoms with Crippen molar-refractivity contribution in [2.75, 3.05) is 14.1 Å². The van der Waals surface area contributed by atoms with Gasteiger partial charge in [-0.3, -0.25) is 4.79 Å². The average Bonchev–Trinajstić information content (AvgIpc) is 2.51. The topological polar surface area (TPSA) is 53.7 Å². The van der Waals surface area contributed by atoms with Crippen LogP contribution >= 0.6 is 11.6 Å². The first-order chi connectivity index (χ1) is 11.0. The number of nitrogens with zero attached hydrogens (tertiary/aromatic N) is 1. The number of fused-ring (bicyclic) bond motifs is 1. The largest absolute Gasteiger partial charge is 0.507 e. The van der Waals surface area contributed by atoms with Gasteiger partial charge in [-0.05, 0) is 32.3 Å². The predicted molar refractivity (Wildman–Crippen MR) is 92.0 cm³/mol. The van der Waals surface area contributed by atoms with Gasteiger partial charge < -0.3 is 14.4 Å². The highest BCUT2D eigenvalue weighted by molar-refractivity contribution is 6.33. The third-order valence-electron chi connectivity index (χ3n) is 3.66. The lowest BCUT2D eigenvalue weighted by Crippen LogP contribution is -2.12. The number of hydrogen-bond acceptors (Lipinski definition) is 4. The number of benzene rings is 2. The minimum Gasteiger partial charge on any atom is -0.507 e. The molecule has 0 spiro atoms. The van der Waals surface area contributed by atoms with Crippen molar-refractivity contribution < 1.29 is 9.52 Å². The summed E-state index contributed by atoms with van der Waals surface area (Å²) >= 11 is 6.18. The summed E-state index contributed by atoms with van der Waals surface area (Å²) in [5.41, 5.74) is 1.87. The second kappa shape index (κ2) is 6.07. The van der Waals surface area contributed by atoms with Crippen LogP contribution in [0.2, 0.25) is 5.02 Å². The molecule has 0 aliphatic rings. The van der Waals surface area contributed by atoms with Crippen LogP contribution in [-0.2, 0) is 6.54 Å². The Labute approximate surface area is 138 Å². The standard InChI is InChI=1S/C18H16ClNO3/c1-20(2)9-13-16(21)8-7-12-17(22)14(10-23-18(12)13)11-5-3-4-6-15(11)19/h3-8,10,21H,9H2,1-2H3. The van der Waals surface area contributed by atoms with E-state index in [0.717, 1.165) is 0 Å². The Morgan fingerprint density at radius 1 is 1.13 bits per heavy atom. The molecule has 0 aliphatic heterocycles. The lowest BCUT2D eigenvalue weighted by Gasteiger charge is -2.13. The molecule has 5 heteroatoms. The summed E-state index contributed by atoms with van der Waals surface area (Å²) in [7, 11) is 3.77. The Morgan fingerprint density at radius 2 is 1.87 bits per heavy atom. The molecule has 1 heterocycles. The van der Waals surface area contributed by atoms with Crippen molar-refractivity contribution in [3.05, 3.63) is 63.5 Å². The first-order valence-corrected chi connectivity index (χ1v) is 7.53. The van der Waals surface area contributed by atoms with Gasteiger partial charge in [-0.15, -0.1) is 0 Å². The Kier molecular flexibility index (Phi) is 4.11. The van der Waals surface area contributed by atoms with Crippen LogP contribution in [0.15, 0.2) is 51.9 Å². The van der Waals surface area contributed by atoms with Gasteiger partial charge in [0.2, 0.25) is 5.43 Å². The highest BCUT2D eigenvalue weighted by Gasteiger charge is 2.16. The Morgan fingerprint density at radius 3 is 2.57 bits per heavy atom. The van der Waals surface area contributed by atoms with E-state index in [1.807, 2.05) is 31.1 Å². The van der Waals surface area contributed by atoms with E-state index < -0.39 is 0 Å². The van der Waals surface area contributed by atoms with E-state index in [4.69, 9.17) is 16.0 Å². The fourth-order valence-electron chi connectivity index (χ4n) is 2.58. The zero-order valence-corrected chi connectivity index (χ0v) is 13.6. The van der Waals surface area contributed by atoms with Gasteiger partial charge in [-0.25, -0.2) is 0 Å². The van der Waals surface area contributed by atoms with Gasteiger partial charge in [-0.1, -0.05) is 29.8 Å². The van der Waals surface area contributed by atoms with Crippen LogP contribution in [-0.4, -0.2) is 24.1 Å². The molecule has 0 fully saturated rings. The maximum Gasteiger partial charge on any atom is 0.200 e. The Hall–Kier alpha value is -2.30. The minimum absolute atomic E-state index is 0.111. The second-order valence-corrected chi connectivity index (χ2v) is 6.04. The number of rotatable bonds is 3. The van der Waals surface area contributed by atoms with Crippen LogP contribution in [0.25, 0.3) is 22.1 Å². The van der Waals surface area contributed by atoms with E-state index in [1.54, 1.807) is 18.2 Å². The summed E-state index contributed by atoms with van der Waals surface area (Å²) in [6, 6.07) is 10.2. The van der Waals surface area contributed by atoms with Crippen molar-refractivity contribution in [2.45, 2.75) is 6.54 Å². The van der Waals surface area contributed by atoms with E-state index >= 15 is 0 Å². The molecule has 3 aromatic rings. The maximum absolute atomic E-state index is 12.8. The van der Waals surface area contributed by atoms with Crippen molar-refractivity contribution in [2.24, 2.45) is 0 Å². The average molecular weight is 330 g/mol. The molecule has 1 aromatic heterocycles. The van der Waals surface area contributed by atoms with Crippen LogP contribution in [0, 0.1) is 0 Å². The molecular formula is C18H16ClNO3. The molecule has 23 heavy (non-hydrogen) atoms. The molecular weight excluding hydrogens is 314 g/mol. The van der Waals surface area contributed by atoms with Gasteiger partial charge in [0.15, 0.2) is 0 Å². The number of halogens is 1. The predicted octanol–water partition coefficient (Wildman–Crippen LogP) is 3.88. The van der Waals surface area contributed by atoms with E-state index in [0.29, 0.717) is 39.2 Å². The summed E-state index contributed by atoms with van der Waals surface area (Å²) in [6.07, 6.45) is 1.41. The molecule has 2 aromatic carbocycles. The molecule has 0 bridgehead atoms. The van der Waals surface area contributed by atoms with Crippen LogP contribution in [0.3, 0.4) is 0 Å². The monoisotopic (exact) mass is 329 g/mol.